The number of fused-ring (bicyclic) bond motifs is 3. The number of benzene rings is 1. The first kappa shape index (κ1) is 11.2. The molecular formula is C12H10IrN3-. The fourth-order valence-corrected chi connectivity index (χ4v) is 1.83. The van der Waals surface area contributed by atoms with Crippen LogP contribution in [0.4, 0.5) is 0 Å². The molecule has 0 aliphatic heterocycles. The van der Waals surface area contributed by atoms with Crippen molar-refractivity contribution in [3.63, 3.8) is 0 Å². The maximum absolute atomic E-state index is 4.16. The summed E-state index contributed by atoms with van der Waals surface area (Å²) in [4.78, 5) is 0. The van der Waals surface area contributed by atoms with Crippen molar-refractivity contribution in [1.82, 2.24) is 14.6 Å². The van der Waals surface area contributed by atoms with Gasteiger partial charge in [0.05, 0.1) is 5.65 Å². The Bertz CT molecular complexity index is 658. The topological polar surface area (TPSA) is 30.2 Å². The summed E-state index contributed by atoms with van der Waals surface area (Å²) in [5.74, 6) is 0.904. The van der Waals surface area contributed by atoms with Crippen molar-refractivity contribution in [3.8, 4) is 0 Å². The largest absolute Gasteiger partial charge is 0.328 e. The predicted octanol–water partition coefficient (Wildman–Crippen LogP) is 2.30. The maximum Gasteiger partial charge on any atom is 0.124 e. The molecule has 0 spiro atoms. The molecule has 0 bridgehead atoms. The van der Waals surface area contributed by atoms with E-state index in [9.17, 15) is 0 Å². The van der Waals surface area contributed by atoms with E-state index in [1.54, 1.807) is 0 Å². The smallest absolute Gasteiger partial charge is 0.124 e. The van der Waals surface area contributed by atoms with Gasteiger partial charge in [-0.25, -0.2) is 0 Å². The number of aromatic nitrogens is 3. The maximum atomic E-state index is 4.16. The Morgan fingerprint density at radius 1 is 1.25 bits per heavy atom. The minimum Gasteiger partial charge on any atom is -0.328 e. The van der Waals surface area contributed by atoms with Gasteiger partial charge in [-0.2, -0.15) is 5.10 Å². The molecule has 0 aliphatic rings. The Hall–Kier alpha value is -1.25. The molecule has 0 amide bonds. The molecule has 0 saturated heterocycles. The molecule has 2 heterocycles. The molecule has 4 heteroatoms. The van der Waals surface area contributed by atoms with Gasteiger partial charge in [-0.15, -0.1) is 34.2 Å². The second-order valence-corrected chi connectivity index (χ2v) is 3.76. The Morgan fingerprint density at radius 2 is 2.06 bits per heavy atom. The molecule has 0 unspecified atom stereocenters. The third-order valence-electron chi connectivity index (χ3n) is 2.61. The number of rotatable bonds is 0. The van der Waals surface area contributed by atoms with Crippen molar-refractivity contribution in [2.75, 3.05) is 0 Å². The van der Waals surface area contributed by atoms with Crippen LogP contribution in [0.15, 0.2) is 24.4 Å². The van der Waals surface area contributed by atoms with Crippen molar-refractivity contribution in [1.29, 1.82) is 0 Å². The molecule has 3 rings (SSSR count). The van der Waals surface area contributed by atoms with Crippen molar-refractivity contribution in [2.24, 2.45) is 0 Å². The van der Waals surface area contributed by atoms with Crippen LogP contribution in [0.3, 0.4) is 0 Å². The summed E-state index contributed by atoms with van der Waals surface area (Å²) in [6, 6.07) is 9.44. The second-order valence-electron chi connectivity index (χ2n) is 3.76. The third kappa shape index (κ3) is 1.55. The zero-order chi connectivity index (χ0) is 10.4. The summed E-state index contributed by atoms with van der Waals surface area (Å²) in [6.45, 7) is 4.01. The molecule has 2 aromatic heterocycles. The molecule has 0 N–H and O–H groups in total. The minimum absolute atomic E-state index is 0. The summed E-state index contributed by atoms with van der Waals surface area (Å²) in [7, 11) is 0. The second kappa shape index (κ2) is 3.96. The van der Waals surface area contributed by atoms with Gasteiger partial charge in [0, 0.05) is 20.1 Å². The first-order valence-electron chi connectivity index (χ1n) is 4.88. The fourth-order valence-electron chi connectivity index (χ4n) is 1.83. The van der Waals surface area contributed by atoms with Crippen molar-refractivity contribution in [2.45, 2.75) is 13.8 Å². The Balaban J connectivity index is 0.000000963. The molecule has 3 aromatic rings. The first-order chi connectivity index (χ1) is 7.25. The van der Waals surface area contributed by atoms with Crippen LogP contribution in [0.25, 0.3) is 16.4 Å². The van der Waals surface area contributed by atoms with Crippen LogP contribution in [0, 0.1) is 19.9 Å². The van der Waals surface area contributed by atoms with E-state index in [0.29, 0.717) is 0 Å². The normalized spacial score (nSPS) is 10.6. The average molecular weight is 388 g/mol. The van der Waals surface area contributed by atoms with Crippen LogP contribution in [-0.4, -0.2) is 14.6 Å². The Morgan fingerprint density at radius 3 is 2.88 bits per heavy atom. The summed E-state index contributed by atoms with van der Waals surface area (Å²) in [5, 5.41) is 10.4. The summed E-state index contributed by atoms with van der Waals surface area (Å²) in [5.41, 5.74) is 2.09. The molecule has 83 valence electrons. The fraction of sp³-hybridized carbons (Fsp3) is 0.167. The van der Waals surface area contributed by atoms with Crippen LogP contribution in [0.5, 0.6) is 0 Å². The van der Waals surface area contributed by atoms with E-state index in [1.807, 2.05) is 23.6 Å². The van der Waals surface area contributed by atoms with Gasteiger partial charge < -0.3 is 4.40 Å². The molecule has 0 fully saturated rings. The number of hydrogen-bond donors (Lipinski definition) is 0. The van der Waals surface area contributed by atoms with Gasteiger partial charge in [0.1, 0.15) is 5.82 Å². The quantitative estimate of drug-likeness (QED) is 0.553. The van der Waals surface area contributed by atoms with E-state index in [4.69, 9.17) is 0 Å². The molecule has 0 atom stereocenters. The van der Waals surface area contributed by atoms with Crippen molar-refractivity contribution < 1.29 is 20.1 Å². The van der Waals surface area contributed by atoms with E-state index in [0.717, 1.165) is 22.2 Å². The molecule has 1 radical (unpaired) electrons. The standard InChI is InChI=1S/C12H10N3.Ir/c1-8-3-4-11-10(7-8)5-6-15-9(2)13-14-12(11)15;/h3,5-7H,1-2H3;/q-1;. The van der Waals surface area contributed by atoms with Gasteiger partial charge in [0.25, 0.3) is 0 Å². The van der Waals surface area contributed by atoms with Crippen molar-refractivity contribution >= 4 is 16.4 Å². The minimum atomic E-state index is 0. The number of hydrogen-bond acceptors (Lipinski definition) is 2. The summed E-state index contributed by atoms with van der Waals surface area (Å²) < 4.78 is 1.98. The summed E-state index contributed by atoms with van der Waals surface area (Å²) in [6.07, 6.45) is 2.00. The van der Waals surface area contributed by atoms with Crippen LogP contribution in [0.1, 0.15) is 11.4 Å². The van der Waals surface area contributed by atoms with Crippen LogP contribution < -0.4 is 0 Å². The number of aryl methyl sites for hydroxylation is 2. The molecular weight excluding hydrogens is 378 g/mol. The Labute approximate surface area is 107 Å². The van der Waals surface area contributed by atoms with E-state index in [2.05, 4.69) is 35.3 Å². The third-order valence-corrected chi connectivity index (χ3v) is 2.61. The van der Waals surface area contributed by atoms with Crippen molar-refractivity contribution in [3.05, 3.63) is 41.9 Å². The predicted molar refractivity (Wildman–Crippen MR) is 58.8 cm³/mol. The molecule has 1 aromatic carbocycles. The number of nitrogens with zero attached hydrogens (tertiary/aromatic N) is 3. The van der Waals surface area contributed by atoms with Crippen LogP contribution in [-0.2, 0) is 20.1 Å². The van der Waals surface area contributed by atoms with E-state index in [-0.39, 0.29) is 20.1 Å². The van der Waals surface area contributed by atoms with E-state index in [1.165, 1.54) is 5.56 Å². The van der Waals surface area contributed by atoms with Gasteiger partial charge >= 0.3 is 0 Å². The first-order valence-corrected chi connectivity index (χ1v) is 4.88. The van der Waals surface area contributed by atoms with Gasteiger partial charge in [-0.3, -0.25) is 0 Å². The molecule has 0 aliphatic carbocycles. The molecule has 0 saturated carbocycles. The Kier molecular flexibility index (Phi) is 2.78. The van der Waals surface area contributed by atoms with Gasteiger partial charge in [-0.05, 0) is 13.1 Å². The monoisotopic (exact) mass is 389 g/mol. The van der Waals surface area contributed by atoms with Crippen LogP contribution in [0.2, 0.25) is 0 Å². The van der Waals surface area contributed by atoms with Gasteiger partial charge in [-0.1, -0.05) is 18.4 Å². The van der Waals surface area contributed by atoms with Crippen LogP contribution >= 0.6 is 0 Å². The summed E-state index contributed by atoms with van der Waals surface area (Å²) >= 11 is 0. The average Bonchev–Trinajstić information content (AvgIpc) is 2.60. The van der Waals surface area contributed by atoms with E-state index < -0.39 is 0 Å². The van der Waals surface area contributed by atoms with Gasteiger partial charge in [0.15, 0.2) is 0 Å². The van der Waals surface area contributed by atoms with E-state index >= 15 is 0 Å². The van der Waals surface area contributed by atoms with Gasteiger partial charge in [0.2, 0.25) is 0 Å². The zero-order valence-electron chi connectivity index (χ0n) is 8.98. The SMILES string of the molecule is Cc1c[c-]c2c(ccn3c(C)nnc23)c1.[Ir]. The molecule has 3 nitrogen and oxygen atoms in total. The molecule has 16 heavy (non-hydrogen) atoms. The zero-order valence-corrected chi connectivity index (χ0v) is 11.4. The number of pyridine rings is 1.